The van der Waals surface area contributed by atoms with Crippen molar-refractivity contribution in [3.05, 3.63) is 137 Å². The first-order chi connectivity index (χ1) is 19.8. The molecule has 0 amide bonds. The van der Waals surface area contributed by atoms with Crippen molar-refractivity contribution in [1.82, 2.24) is 4.57 Å². The van der Waals surface area contributed by atoms with Crippen LogP contribution in [0.4, 0.5) is 0 Å². The molecule has 196 valence electrons. The van der Waals surface area contributed by atoms with Gasteiger partial charge < -0.3 is 4.57 Å². The number of hydrogen-bond donors (Lipinski definition) is 0. The van der Waals surface area contributed by atoms with Crippen molar-refractivity contribution in [3.63, 3.8) is 0 Å². The number of aromatic nitrogens is 1. The molecule has 1 aliphatic carbocycles. The molecule has 0 unspecified atom stereocenters. The van der Waals surface area contributed by atoms with Gasteiger partial charge in [-0.3, -0.25) is 0 Å². The zero-order valence-electron chi connectivity index (χ0n) is 23.7. The number of nitrogens with zero attached hydrogens (tertiary/aromatic N) is 3. The van der Waals surface area contributed by atoms with Gasteiger partial charge in [-0.2, -0.15) is 10.5 Å². The Morgan fingerprint density at radius 3 is 1.63 bits per heavy atom. The second-order valence-electron chi connectivity index (χ2n) is 12.0. The van der Waals surface area contributed by atoms with Crippen LogP contribution < -0.4 is 0 Å². The molecule has 0 fully saturated rings. The number of fused-ring (bicyclic) bond motifs is 5. The Kier molecular flexibility index (Phi) is 5.27. The number of para-hydroxylation sites is 2. The lowest BCUT2D eigenvalue weighted by molar-refractivity contribution is 0.521. The van der Waals surface area contributed by atoms with Crippen molar-refractivity contribution in [2.45, 2.75) is 38.5 Å². The highest BCUT2D eigenvalue weighted by Crippen LogP contribution is 2.54. The van der Waals surface area contributed by atoms with E-state index in [0.717, 1.165) is 22.3 Å². The highest BCUT2D eigenvalue weighted by atomic mass is 15.0. The molecule has 3 heteroatoms. The quantitative estimate of drug-likeness (QED) is 0.225. The normalized spacial score (nSPS) is 14.7. The average molecular weight is 528 g/mol. The summed E-state index contributed by atoms with van der Waals surface area (Å²) in [6.45, 7) is 9.12. The zero-order valence-corrected chi connectivity index (χ0v) is 23.7. The molecular formula is C38H29N3. The highest BCUT2D eigenvalue weighted by molar-refractivity contribution is 6.09. The summed E-state index contributed by atoms with van der Waals surface area (Å²) in [6.07, 6.45) is 0. The van der Waals surface area contributed by atoms with Crippen molar-refractivity contribution in [3.8, 4) is 29.0 Å². The number of benzene rings is 5. The highest BCUT2D eigenvalue weighted by Gasteiger charge is 2.43. The molecule has 0 radical (unpaired) electrons. The molecule has 3 nitrogen and oxygen atoms in total. The van der Waals surface area contributed by atoms with Crippen molar-refractivity contribution < 1.29 is 0 Å². The van der Waals surface area contributed by atoms with Crippen LogP contribution in [0.25, 0.3) is 38.6 Å². The lowest BCUT2D eigenvalue weighted by Crippen LogP contribution is -2.37. The molecule has 0 spiro atoms. The fourth-order valence-corrected chi connectivity index (χ4v) is 7.20. The summed E-state index contributed by atoms with van der Waals surface area (Å²) in [5.74, 6) is 0. The molecule has 6 aromatic rings. The van der Waals surface area contributed by atoms with E-state index in [2.05, 4.69) is 129 Å². The van der Waals surface area contributed by atoms with Gasteiger partial charge in [-0.25, -0.2) is 0 Å². The van der Waals surface area contributed by atoms with E-state index >= 15 is 0 Å². The summed E-state index contributed by atoms with van der Waals surface area (Å²) in [4.78, 5) is 0. The predicted octanol–water partition coefficient (Wildman–Crippen LogP) is 9.16. The van der Waals surface area contributed by atoms with Crippen LogP contribution >= 0.6 is 0 Å². The van der Waals surface area contributed by atoms with Crippen LogP contribution in [0.2, 0.25) is 0 Å². The van der Waals surface area contributed by atoms with Crippen molar-refractivity contribution in [2.75, 3.05) is 0 Å². The van der Waals surface area contributed by atoms with Crippen molar-refractivity contribution in [1.29, 1.82) is 10.5 Å². The molecular weight excluding hydrogens is 498 g/mol. The third-order valence-corrected chi connectivity index (χ3v) is 9.11. The first-order valence-corrected chi connectivity index (χ1v) is 14.0. The molecule has 0 atom stereocenters. The summed E-state index contributed by atoms with van der Waals surface area (Å²) >= 11 is 0. The van der Waals surface area contributed by atoms with Crippen LogP contribution in [0.1, 0.15) is 61.1 Å². The zero-order chi connectivity index (χ0) is 28.5. The monoisotopic (exact) mass is 527 g/mol. The average Bonchev–Trinajstić information content (AvgIpc) is 3.34. The number of rotatable bonds is 2. The second kappa shape index (κ2) is 8.69. The summed E-state index contributed by atoms with van der Waals surface area (Å²) < 4.78 is 2.33. The molecule has 0 N–H and O–H groups in total. The molecule has 5 aromatic carbocycles. The molecule has 0 bridgehead atoms. The van der Waals surface area contributed by atoms with Gasteiger partial charge in [0, 0.05) is 32.9 Å². The van der Waals surface area contributed by atoms with Gasteiger partial charge in [-0.05, 0) is 64.2 Å². The molecule has 41 heavy (non-hydrogen) atoms. The van der Waals surface area contributed by atoms with Gasteiger partial charge in [0.05, 0.1) is 34.3 Å². The summed E-state index contributed by atoms with van der Waals surface area (Å²) in [5.41, 5.74) is 10.3. The van der Waals surface area contributed by atoms with Crippen LogP contribution in [0.3, 0.4) is 0 Å². The summed E-state index contributed by atoms with van der Waals surface area (Å²) in [7, 11) is 0. The standard InChI is InChI=1S/C38H29N3/c1-37(2)30-16-7-8-17-31(30)38(3,4)36-29(35-24(22-39)12-11-13-25(35)23-40)20-26(21-32(36)37)41-33-18-9-5-14-27(33)28-15-6-10-19-34(28)41/h5-21H,1-4H3. The molecule has 1 aromatic heterocycles. The van der Waals surface area contributed by atoms with Crippen molar-refractivity contribution >= 4 is 21.8 Å². The van der Waals surface area contributed by atoms with Gasteiger partial charge in [-0.1, -0.05) is 94.4 Å². The van der Waals surface area contributed by atoms with E-state index in [1.807, 2.05) is 12.1 Å². The van der Waals surface area contributed by atoms with E-state index in [0.29, 0.717) is 16.7 Å². The van der Waals surface area contributed by atoms with E-state index < -0.39 is 0 Å². The molecule has 1 heterocycles. The lowest BCUT2D eigenvalue weighted by atomic mass is 9.58. The maximum atomic E-state index is 10.3. The van der Waals surface area contributed by atoms with Crippen LogP contribution in [-0.2, 0) is 10.8 Å². The third kappa shape index (κ3) is 3.36. The van der Waals surface area contributed by atoms with Crippen LogP contribution in [0.5, 0.6) is 0 Å². The number of nitriles is 2. The minimum Gasteiger partial charge on any atom is -0.309 e. The number of hydrogen-bond acceptors (Lipinski definition) is 2. The van der Waals surface area contributed by atoms with Gasteiger partial charge in [0.1, 0.15) is 0 Å². The van der Waals surface area contributed by atoms with Crippen LogP contribution in [0, 0.1) is 22.7 Å². The minimum atomic E-state index is -0.356. The Morgan fingerprint density at radius 2 is 1.07 bits per heavy atom. The molecule has 0 saturated carbocycles. The first-order valence-electron chi connectivity index (χ1n) is 14.0. The topological polar surface area (TPSA) is 52.5 Å². The van der Waals surface area contributed by atoms with E-state index in [1.54, 1.807) is 6.07 Å². The fraction of sp³-hybridized carbons (Fsp3) is 0.158. The Labute approximate surface area is 240 Å². The Morgan fingerprint density at radius 1 is 0.561 bits per heavy atom. The maximum absolute atomic E-state index is 10.3. The van der Waals surface area contributed by atoms with E-state index in [-0.39, 0.29) is 10.8 Å². The van der Waals surface area contributed by atoms with E-state index in [4.69, 9.17) is 0 Å². The second-order valence-corrected chi connectivity index (χ2v) is 12.0. The molecule has 7 rings (SSSR count). The van der Waals surface area contributed by atoms with Gasteiger partial charge in [0.25, 0.3) is 0 Å². The van der Waals surface area contributed by atoms with Gasteiger partial charge in [-0.15, -0.1) is 0 Å². The summed E-state index contributed by atoms with van der Waals surface area (Å²) in [5, 5.41) is 22.9. The maximum Gasteiger partial charge on any atom is 0.0998 e. The predicted molar refractivity (Wildman–Crippen MR) is 166 cm³/mol. The van der Waals surface area contributed by atoms with E-state index in [1.165, 1.54) is 33.0 Å². The smallest absolute Gasteiger partial charge is 0.0998 e. The Balaban J connectivity index is 1.70. The van der Waals surface area contributed by atoms with Gasteiger partial charge >= 0.3 is 0 Å². The largest absolute Gasteiger partial charge is 0.309 e. The lowest BCUT2D eigenvalue weighted by Gasteiger charge is -2.45. The van der Waals surface area contributed by atoms with Crippen LogP contribution in [0.15, 0.2) is 103 Å². The van der Waals surface area contributed by atoms with Gasteiger partial charge in [0.2, 0.25) is 0 Å². The third-order valence-electron chi connectivity index (χ3n) is 9.11. The Bertz CT molecular complexity index is 2040. The Hall–Kier alpha value is -5.12. The van der Waals surface area contributed by atoms with Crippen molar-refractivity contribution in [2.24, 2.45) is 0 Å². The summed E-state index contributed by atoms with van der Waals surface area (Å²) in [6, 6.07) is 40.5. The SMILES string of the molecule is CC1(C)c2ccccc2C(C)(C)c2c(-c3c(C#N)cccc3C#N)cc(-n3c4ccccc4c4ccccc43)cc21. The van der Waals surface area contributed by atoms with Crippen LogP contribution in [-0.4, -0.2) is 4.57 Å². The first kappa shape index (κ1) is 24.9. The molecule has 1 aliphatic rings. The molecule has 0 aliphatic heterocycles. The fourth-order valence-electron chi connectivity index (χ4n) is 7.20. The van der Waals surface area contributed by atoms with Gasteiger partial charge in [0.15, 0.2) is 0 Å². The van der Waals surface area contributed by atoms with E-state index in [9.17, 15) is 10.5 Å². The molecule has 0 saturated heterocycles. The minimum absolute atomic E-state index is 0.306.